The zero-order valence-electron chi connectivity index (χ0n) is 9.98. The van der Waals surface area contributed by atoms with Crippen molar-refractivity contribution in [1.29, 1.82) is 0 Å². The molecule has 0 saturated heterocycles. The Kier molecular flexibility index (Phi) is 3.35. The molecule has 5 nitrogen and oxygen atoms in total. The van der Waals surface area contributed by atoms with Crippen molar-refractivity contribution in [2.75, 3.05) is 0 Å². The molecule has 1 heterocycles. The second-order valence-corrected chi connectivity index (χ2v) is 3.97. The van der Waals surface area contributed by atoms with E-state index in [0.29, 0.717) is 11.3 Å². The second kappa shape index (κ2) is 4.79. The summed E-state index contributed by atoms with van der Waals surface area (Å²) in [6, 6.07) is 1.75. The number of aromatic nitrogens is 3. The summed E-state index contributed by atoms with van der Waals surface area (Å²) >= 11 is 0. The standard InChI is InChI=1S/C11H13F2N5/c1-6-3-4-7(12)9(10(6)13)11(16-14)8-5-15-17-18(8)2/h3-5,11,16H,14H2,1-2H3. The summed E-state index contributed by atoms with van der Waals surface area (Å²) in [6.07, 6.45) is 1.41. The number of nitrogens with two attached hydrogens (primary N) is 1. The molecule has 1 unspecified atom stereocenters. The molecule has 0 aliphatic heterocycles. The van der Waals surface area contributed by atoms with Crippen molar-refractivity contribution >= 4 is 0 Å². The Morgan fingerprint density at radius 1 is 1.39 bits per heavy atom. The summed E-state index contributed by atoms with van der Waals surface area (Å²) in [5.74, 6) is 4.11. The molecule has 96 valence electrons. The van der Waals surface area contributed by atoms with Crippen LogP contribution < -0.4 is 11.3 Å². The van der Waals surface area contributed by atoms with Crippen molar-refractivity contribution in [3.63, 3.8) is 0 Å². The third-order valence-electron chi connectivity index (χ3n) is 2.82. The van der Waals surface area contributed by atoms with Gasteiger partial charge in [0, 0.05) is 12.6 Å². The lowest BCUT2D eigenvalue weighted by Gasteiger charge is -2.18. The monoisotopic (exact) mass is 253 g/mol. The molecule has 2 aromatic rings. The fourth-order valence-electron chi connectivity index (χ4n) is 1.82. The molecule has 18 heavy (non-hydrogen) atoms. The van der Waals surface area contributed by atoms with Crippen LogP contribution in [0.4, 0.5) is 8.78 Å². The predicted molar refractivity (Wildman–Crippen MR) is 61.3 cm³/mol. The number of aryl methyl sites for hydroxylation is 2. The van der Waals surface area contributed by atoms with E-state index in [2.05, 4.69) is 15.7 Å². The highest BCUT2D eigenvalue weighted by Gasteiger charge is 2.24. The van der Waals surface area contributed by atoms with Crippen LogP contribution in [0.2, 0.25) is 0 Å². The van der Waals surface area contributed by atoms with Crippen molar-refractivity contribution in [1.82, 2.24) is 20.4 Å². The predicted octanol–water partition coefficient (Wildman–Crippen LogP) is 0.954. The maximum atomic E-state index is 14.0. The molecule has 0 amide bonds. The molecule has 2 rings (SSSR count). The Morgan fingerprint density at radius 3 is 2.67 bits per heavy atom. The highest BCUT2D eigenvalue weighted by Crippen LogP contribution is 2.27. The van der Waals surface area contributed by atoms with Crippen LogP contribution >= 0.6 is 0 Å². The smallest absolute Gasteiger partial charge is 0.134 e. The Morgan fingerprint density at radius 2 is 2.11 bits per heavy atom. The van der Waals surface area contributed by atoms with Crippen molar-refractivity contribution in [3.8, 4) is 0 Å². The number of nitrogens with one attached hydrogen (secondary N) is 1. The maximum Gasteiger partial charge on any atom is 0.134 e. The van der Waals surface area contributed by atoms with Gasteiger partial charge in [-0.1, -0.05) is 11.3 Å². The van der Waals surface area contributed by atoms with Crippen LogP contribution in [-0.4, -0.2) is 15.0 Å². The minimum Gasteiger partial charge on any atom is -0.271 e. The first-order chi connectivity index (χ1) is 8.56. The first-order valence-corrected chi connectivity index (χ1v) is 5.31. The zero-order chi connectivity index (χ0) is 13.3. The first kappa shape index (κ1) is 12.6. The maximum absolute atomic E-state index is 14.0. The van der Waals surface area contributed by atoms with Gasteiger partial charge in [0.2, 0.25) is 0 Å². The molecule has 0 fully saturated rings. The van der Waals surface area contributed by atoms with E-state index in [1.54, 1.807) is 14.0 Å². The number of hydrogen-bond donors (Lipinski definition) is 2. The van der Waals surface area contributed by atoms with Gasteiger partial charge < -0.3 is 0 Å². The molecule has 0 saturated carbocycles. The van der Waals surface area contributed by atoms with Crippen LogP contribution in [0.15, 0.2) is 18.3 Å². The SMILES string of the molecule is Cc1ccc(F)c(C(NN)c2cnnn2C)c1F. The second-order valence-electron chi connectivity index (χ2n) is 3.97. The van der Waals surface area contributed by atoms with Gasteiger partial charge in [0.25, 0.3) is 0 Å². The molecule has 0 bridgehead atoms. The van der Waals surface area contributed by atoms with E-state index in [-0.39, 0.29) is 5.56 Å². The van der Waals surface area contributed by atoms with E-state index in [4.69, 9.17) is 5.84 Å². The van der Waals surface area contributed by atoms with E-state index in [9.17, 15) is 8.78 Å². The summed E-state index contributed by atoms with van der Waals surface area (Å²) < 4.78 is 29.3. The molecular formula is C11H13F2N5. The van der Waals surface area contributed by atoms with Crippen molar-refractivity contribution in [3.05, 3.63) is 46.8 Å². The first-order valence-electron chi connectivity index (χ1n) is 5.31. The van der Waals surface area contributed by atoms with Crippen LogP contribution in [-0.2, 0) is 7.05 Å². The normalized spacial score (nSPS) is 12.7. The Bertz CT molecular complexity index is 567. The van der Waals surface area contributed by atoms with Gasteiger partial charge in [0.15, 0.2) is 0 Å². The number of hydrazine groups is 1. The van der Waals surface area contributed by atoms with E-state index in [1.807, 2.05) is 0 Å². The molecule has 3 N–H and O–H groups in total. The van der Waals surface area contributed by atoms with Crippen LogP contribution in [0.25, 0.3) is 0 Å². The third-order valence-corrected chi connectivity index (χ3v) is 2.82. The molecule has 0 radical (unpaired) electrons. The van der Waals surface area contributed by atoms with E-state index < -0.39 is 17.7 Å². The van der Waals surface area contributed by atoms with E-state index >= 15 is 0 Å². The number of benzene rings is 1. The molecule has 1 aromatic heterocycles. The highest BCUT2D eigenvalue weighted by molar-refractivity contribution is 5.33. The molecule has 7 heteroatoms. The minimum atomic E-state index is -0.843. The van der Waals surface area contributed by atoms with Crippen LogP contribution in [0.1, 0.15) is 22.9 Å². The lowest BCUT2D eigenvalue weighted by molar-refractivity contribution is 0.489. The number of rotatable bonds is 3. The number of nitrogens with zero attached hydrogens (tertiary/aromatic N) is 3. The molecule has 0 aliphatic rings. The van der Waals surface area contributed by atoms with Gasteiger partial charge in [-0.2, -0.15) is 0 Å². The van der Waals surface area contributed by atoms with E-state index in [1.165, 1.54) is 23.0 Å². The Hall–Kier alpha value is -1.86. The zero-order valence-corrected chi connectivity index (χ0v) is 9.98. The lowest BCUT2D eigenvalue weighted by Crippen LogP contribution is -2.32. The topological polar surface area (TPSA) is 68.8 Å². The summed E-state index contributed by atoms with van der Waals surface area (Å²) in [4.78, 5) is 0. The Labute approximate surface area is 103 Å². The van der Waals surface area contributed by atoms with Gasteiger partial charge in [0.1, 0.15) is 11.6 Å². The van der Waals surface area contributed by atoms with Crippen LogP contribution in [0.3, 0.4) is 0 Å². The summed E-state index contributed by atoms with van der Waals surface area (Å²) in [5.41, 5.74) is 3.08. The molecule has 0 aliphatic carbocycles. The quantitative estimate of drug-likeness (QED) is 0.631. The fraction of sp³-hybridized carbons (Fsp3) is 0.273. The average Bonchev–Trinajstić information content (AvgIpc) is 2.76. The van der Waals surface area contributed by atoms with E-state index in [0.717, 1.165) is 0 Å². The summed E-state index contributed by atoms with van der Waals surface area (Å²) in [6.45, 7) is 1.56. The van der Waals surface area contributed by atoms with Gasteiger partial charge in [-0.05, 0) is 18.6 Å². The summed E-state index contributed by atoms with van der Waals surface area (Å²) in [5, 5.41) is 7.39. The average molecular weight is 253 g/mol. The fourth-order valence-corrected chi connectivity index (χ4v) is 1.82. The number of halogens is 2. The summed E-state index contributed by atoms with van der Waals surface area (Å²) in [7, 11) is 1.62. The van der Waals surface area contributed by atoms with Crippen molar-refractivity contribution in [2.24, 2.45) is 12.9 Å². The molecule has 1 atom stereocenters. The van der Waals surface area contributed by atoms with Crippen LogP contribution in [0.5, 0.6) is 0 Å². The van der Waals surface area contributed by atoms with Crippen LogP contribution in [0, 0.1) is 18.6 Å². The highest BCUT2D eigenvalue weighted by atomic mass is 19.1. The Balaban J connectivity index is 2.59. The van der Waals surface area contributed by atoms with Crippen molar-refractivity contribution < 1.29 is 8.78 Å². The largest absolute Gasteiger partial charge is 0.271 e. The third kappa shape index (κ3) is 1.98. The van der Waals surface area contributed by atoms with Gasteiger partial charge >= 0.3 is 0 Å². The lowest BCUT2D eigenvalue weighted by atomic mass is 10.0. The molecule has 1 aromatic carbocycles. The van der Waals surface area contributed by atoms with Crippen molar-refractivity contribution in [2.45, 2.75) is 13.0 Å². The number of hydrogen-bond acceptors (Lipinski definition) is 4. The van der Waals surface area contributed by atoms with Gasteiger partial charge in [-0.15, -0.1) is 5.10 Å². The minimum absolute atomic E-state index is 0.136. The molecular weight excluding hydrogens is 240 g/mol. The molecule has 0 spiro atoms. The van der Waals surface area contributed by atoms with Gasteiger partial charge in [-0.3, -0.25) is 10.5 Å². The van der Waals surface area contributed by atoms with Gasteiger partial charge in [0.05, 0.1) is 17.9 Å². The van der Waals surface area contributed by atoms with Gasteiger partial charge in [-0.25, -0.2) is 14.2 Å².